The first-order valence-corrected chi connectivity index (χ1v) is 11.6. The number of thioether (sulfide) groups is 1. The van der Waals surface area contributed by atoms with Crippen LogP contribution in [0, 0.1) is 0 Å². The Labute approximate surface area is 201 Å². The molecule has 0 spiro atoms. The Hall–Kier alpha value is -3.17. The zero-order valence-corrected chi connectivity index (χ0v) is 20.0. The van der Waals surface area contributed by atoms with Gasteiger partial charge in [0.15, 0.2) is 10.9 Å². The molecule has 0 aliphatic carbocycles. The van der Waals surface area contributed by atoms with Gasteiger partial charge in [-0.2, -0.15) is 0 Å². The number of nitrogens with one attached hydrogen (secondary N) is 2. The molecule has 1 aromatic heterocycles. The molecule has 0 bridgehead atoms. The molecule has 3 rings (SSSR count). The minimum atomic E-state index is -0.432. The Kier molecular flexibility index (Phi) is 8.24. The Morgan fingerprint density at radius 1 is 1.09 bits per heavy atom. The second kappa shape index (κ2) is 11.1. The zero-order chi connectivity index (χ0) is 24.0. The molecule has 33 heavy (non-hydrogen) atoms. The van der Waals surface area contributed by atoms with Crippen LogP contribution in [-0.2, 0) is 23.1 Å². The fraction of sp³-hybridized carbons (Fsp3) is 0.261. The minimum Gasteiger partial charge on any atom is -0.325 e. The number of rotatable bonds is 9. The van der Waals surface area contributed by atoms with Crippen LogP contribution in [0.5, 0.6) is 0 Å². The molecule has 2 amide bonds. The second-order valence-electron chi connectivity index (χ2n) is 7.30. The normalized spacial score (nSPS) is 11.6. The molecule has 0 fully saturated rings. The van der Waals surface area contributed by atoms with E-state index in [1.807, 2.05) is 6.92 Å². The van der Waals surface area contributed by atoms with E-state index in [1.54, 1.807) is 60.1 Å². The number of amides is 2. The summed E-state index contributed by atoms with van der Waals surface area (Å²) in [6.45, 7) is 3.38. The Morgan fingerprint density at radius 2 is 1.85 bits per heavy atom. The van der Waals surface area contributed by atoms with Crippen molar-refractivity contribution < 1.29 is 14.4 Å². The van der Waals surface area contributed by atoms with Crippen molar-refractivity contribution in [3.8, 4) is 0 Å². The number of carbonyl (C=O) groups is 3. The fourth-order valence-electron chi connectivity index (χ4n) is 2.99. The van der Waals surface area contributed by atoms with Crippen molar-refractivity contribution in [2.75, 3.05) is 10.6 Å². The zero-order valence-electron chi connectivity index (χ0n) is 18.5. The molecule has 1 heterocycles. The number of carbonyl (C=O) groups excluding carboxylic acids is 3. The maximum atomic E-state index is 12.8. The van der Waals surface area contributed by atoms with Crippen LogP contribution in [0.25, 0.3) is 0 Å². The second-order valence-corrected chi connectivity index (χ2v) is 8.88. The van der Waals surface area contributed by atoms with Crippen LogP contribution in [0.1, 0.15) is 36.5 Å². The first kappa shape index (κ1) is 24.5. The quantitative estimate of drug-likeness (QED) is 0.344. The maximum Gasteiger partial charge on any atom is 0.237 e. The fourth-order valence-corrected chi connectivity index (χ4v) is 4.11. The maximum absolute atomic E-state index is 12.8. The number of anilines is 2. The van der Waals surface area contributed by atoms with Crippen LogP contribution in [0.15, 0.2) is 53.7 Å². The van der Waals surface area contributed by atoms with E-state index in [1.165, 1.54) is 18.7 Å². The van der Waals surface area contributed by atoms with Crippen LogP contribution in [0.2, 0.25) is 5.02 Å². The van der Waals surface area contributed by atoms with Crippen molar-refractivity contribution in [3.05, 3.63) is 64.9 Å². The van der Waals surface area contributed by atoms with Gasteiger partial charge in [0.25, 0.3) is 0 Å². The molecule has 1 atom stereocenters. The van der Waals surface area contributed by atoms with Crippen molar-refractivity contribution in [2.24, 2.45) is 7.05 Å². The molecule has 0 radical (unpaired) electrons. The van der Waals surface area contributed by atoms with Gasteiger partial charge in [-0.25, -0.2) is 0 Å². The van der Waals surface area contributed by atoms with Gasteiger partial charge in [-0.15, -0.1) is 10.2 Å². The third-order valence-corrected chi connectivity index (χ3v) is 6.57. The lowest BCUT2D eigenvalue weighted by molar-refractivity contribution is -0.116. The summed E-state index contributed by atoms with van der Waals surface area (Å²) < 4.78 is 1.70. The summed E-state index contributed by atoms with van der Waals surface area (Å²) in [7, 11) is 1.75. The summed E-state index contributed by atoms with van der Waals surface area (Å²) in [5.41, 5.74) is 1.61. The topological polar surface area (TPSA) is 106 Å². The summed E-state index contributed by atoms with van der Waals surface area (Å²) in [5, 5.41) is 14.4. The molecule has 172 valence electrons. The number of ketones is 1. The molecule has 2 aromatic carbocycles. The van der Waals surface area contributed by atoms with Gasteiger partial charge in [-0.3, -0.25) is 14.4 Å². The van der Waals surface area contributed by atoms with Crippen molar-refractivity contribution in [1.82, 2.24) is 14.8 Å². The first-order chi connectivity index (χ1) is 15.8. The van der Waals surface area contributed by atoms with Crippen LogP contribution in [-0.4, -0.2) is 37.6 Å². The number of halogens is 1. The van der Waals surface area contributed by atoms with Gasteiger partial charge < -0.3 is 15.2 Å². The van der Waals surface area contributed by atoms with Crippen LogP contribution >= 0.6 is 23.4 Å². The summed E-state index contributed by atoms with van der Waals surface area (Å²) in [4.78, 5) is 36.8. The van der Waals surface area contributed by atoms with Crippen LogP contribution in [0.3, 0.4) is 0 Å². The SMILES string of the molecule is CC[C@H](Sc1nnc(CC(=O)Nc2ccccc2Cl)n1C)C(=O)Nc1cccc(C(C)=O)c1. The molecular formula is C23H24ClN5O3S. The highest BCUT2D eigenvalue weighted by Gasteiger charge is 2.22. The van der Waals surface area contributed by atoms with E-state index in [0.717, 1.165) is 0 Å². The summed E-state index contributed by atoms with van der Waals surface area (Å²) in [5.74, 6) is -0.0846. The lowest BCUT2D eigenvalue weighted by Gasteiger charge is -2.14. The molecule has 0 aliphatic rings. The highest BCUT2D eigenvalue weighted by Crippen LogP contribution is 2.26. The van der Waals surface area contributed by atoms with E-state index >= 15 is 0 Å². The number of para-hydroxylation sites is 1. The van der Waals surface area contributed by atoms with E-state index in [4.69, 9.17) is 11.6 Å². The average Bonchev–Trinajstić information content (AvgIpc) is 3.12. The monoisotopic (exact) mass is 485 g/mol. The molecule has 0 saturated heterocycles. The lowest BCUT2D eigenvalue weighted by atomic mass is 10.1. The number of hydrogen-bond donors (Lipinski definition) is 2. The average molecular weight is 486 g/mol. The first-order valence-electron chi connectivity index (χ1n) is 10.3. The molecule has 3 aromatic rings. The third kappa shape index (κ3) is 6.43. The van der Waals surface area contributed by atoms with E-state index in [-0.39, 0.29) is 24.0 Å². The van der Waals surface area contributed by atoms with Gasteiger partial charge in [-0.1, -0.05) is 54.6 Å². The summed E-state index contributed by atoms with van der Waals surface area (Å²) in [6, 6.07) is 13.8. The number of hydrogen-bond acceptors (Lipinski definition) is 6. The van der Waals surface area contributed by atoms with Crippen LogP contribution in [0.4, 0.5) is 11.4 Å². The molecule has 0 saturated carbocycles. The van der Waals surface area contributed by atoms with Gasteiger partial charge in [0.1, 0.15) is 5.82 Å². The highest BCUT2D eigenvalue weighted by molar-refractivity contribution is 8.00. The highest BCUT2D eigenvalue weighted by atomic mass is 35.5. The van der Waals surface area contributed by atoms with Crippen molar-refractivity contribution in [3.63, 3.8) is 0 Å². The molecule has 0 aliphatic heterocycles. The summed E-state index contributed by atoms with van der Waals surface area (Å²) in [6.07, 6.45) is 0.564. The third-order valence-electron chi connectivity index (χ3n) is 4.84. The van der Waals surface area contributed by atoms with Crippen molar-refractivity contribution in [2.45, 2.75) is 37.1 Å². The van der Waals surface area contributed by atoms with Gasteiger partial charge >= 0.3 is 0 Å². The molecule has 2 N–H and O–H groups in total. The van der Waals surface area contributed by atoms with Gasteiger partial charge in [0.2, 0.25) is 11.8 Å². The van der Waals surface area contributed by atoms with Gasteiger partial charge in [0, 0.05) is 18.3 Å². The number of Topliss-reactive ketones (excluding diaryl/α,β-unsaturated/α-hetero) is 1. The smallest absolute Gasteiger partial charge is 0.237 e. The predicted molar refractivity (Wildman–Crippen MR) is 130 cm³/mol. The Bertz CT molecular complexity index is 1180. The number of nitrogens with zero attached hydrogens (tertiary/aromatic N) is 3. The van der Waals surface area contributed by atoms with Crippen molar-refractivity contribution in [1.29, 1.82) is 0 Å². The van der Waals surface area contributed by atoms with E-state index in [9.17, 15) is 14.4 Å². The summed E-state index contributed by atoms with van der Waals surface area (Å²) >= 11 is 7.35. The van der Waals surface area contributed by atoms with E-state index in [2.05, 4.69) is 20.8 Å². The number of benzene rings is 2. The standard InChI is InChI=1S/C23H24ClN5O3S/c1-4-19(22(32)25-16-9-7-8-15(12-16)14(2)30)33-23-28-27-20(29(23)3)13-21(31)26-18-11-6-5-10-17(18)24/h5-12,19H,4,13H2,1-3H3,(H,25,32)(H,26,31)/t19-/m0/s1. The molecule has 10 heteroatoms. The largest absolute Gasteiger partial charge is 0.325 e. The van der Waals surface area contributed by atoms with Gasteiger partial charge in [-0.05, 0) is 37.6 Å². The Balaban J connectivity index is 1.64. The van der Waals surface area contributed by atoms with Crippen LogP contribution < -0.4 is 10.6 Å². The van der Waals surface area contributed by atoms with Gasteiger partial charge in [0.05, 0.1) is 22.4 Å². The predicted octanol–water partition coefficient (Wildman–Crippen LogP) is 4.36. The molecule has 8 nitrogen and oxygen atoms in total. The number of aromatic nitrogens is 3. The van der Waals surface area contributed by atoms with E-state index < -0.39 is 5.25 Å². The van der Waals surface area contributed by atoms with E-state index in [0.29, 0.717) is 39.4 Å². The minimum absolute atomic E-state index is 0.0100. The molecule has 0 unspecified atom stereocenters. The molecular weight excluding hydrogens is 462 g/mol. The Morgan fingerprint density at radius 3 is 2.55 bits per heavy atom. The van der Waals surface area contributed by atoms with Crippen molar-refractivity contribution >= 4 is 52.3 Å². The lowest BCUT2D eigenvalue weighted by Crippen LogP contribution is -2.25.